The molecule has 0 aliphatic heterocycles. The van der Waals surface area contributed by atoms with Gasteiger partial charge in [-0.3, -0.25) is 4.79 Å². The molecule has 0 atom stereocenters. The molecule has 0 aromatic carbocycles. The molecule has 1 fully saturated rings. The van der Waals surface area contributed by atoms with Gasteiger partial charge in [-0.15, -0.1) is 11.3 Å². The maximum absolute atomic E-state index is 12.0. The van der Waals surface area contributed by atoms with Crippen LogP contribution in [0.3, 0.4) is 0 Å². The molecule has 0 saturated heterocycles. The second-order valence-electron chi connectivity index (χ2n) is 4.90. The Morgan fingerprint density at radius 3 is 2.83 bits per heavy atom. The highest BCUT2D eigenvalue weighted by Crippen LogP contribution is 2.23. The van der Waals surface area contributed by atoms with Crippen LogP contribution in [-0.4, -0.2) is 16.9 Å². The van der Waals surface area contributed by atoms with E-state index in [-0.39, 0.29) is 11.8 Å². The number of nitrogens with zero attached hydrogens (tertiary/aromatic N) is 1. The molecule has 1 aliphatic rings. The van der Waals surface area contributed by atoms with Crippen LogP contribution in [0.5, 0.6) is 0 Å². The van der Waals surface area contributed by atoms with E-state index in [9.17, 15) is 4.79 Å². The zero-order valence-corrected chi connectivity index (χ0v) is 11.6. The third kappa shape index (κ3) is 3.53. The van der Waals surface area contributed by atoms with Crippen molar-refractivity contribution in [1.29, 1.82) is 0 Å². The van der Waals surface area contributed by atoms with Crippen LogP contribution in [0.15, 0.2) is 6.20 Å². The summed E-state index contributed by atoms with van der Waals surface area (Å²) in [6.07, 6.45) is 6.68. The van der Waals surface area contributed by atoms with Crippen LogP contribution in [0.2, 0.25) is 0 Å². The molecule has 0 radical (unpaired) electrons. The summed E-state index contributed by atoms with van der Waals surface area (Å²) in [4.78, 5) is 17.5. The van der Waals surface area contributed by atoms with Crippen LogP contribution < -0.4 is 11.1 Å². The first-order chi connectivity index (χ1) is 8.69. The Labute approximate surface area is 112 Å². The van der Waals surface area contributed by atoms with Gasteiger partial charge < -0.3 is 11.1 Å². The van der Waals surface area contributed by atoms with Crippen molar-refractivity contribution in [3.8, 4) is 0 Å². The summed E-state index contributed by atoms with van der Waals surface area (Å²) in [6.45, 7) is 2.67. The highest BCUT2D eigenvalue weighted by Gasteiger charge is 2.24. The normalized spacial score (nSPS) is 23.9. The molecule has 2 rings (SSSR count). The van der Waals surface area contributed by atoms with E-state index in [0.29, 0.717) is 12.6 Å². The third-order valence-corrected chi connectivity index (χ3v) is 4.65. The SMILES string of the molecule is CCc1cnc(CNC(=O)C2CCC(N)CC2)s1. The van der Waals surface area contributed by atoms with E-state index in [1.807, 2.05) is 6.20 Å². The molecule has 0 bridgehead atoms. The lowest BCUT2D eigenvalue weighted by atomic mass is 9.86. The molecule has 0 unspecified atom stereocenters. The Bertz CT molecular complexity index is 397. The summed E-state index contributed by atoms with van der Waals surface area (Å²) in [5.74, 6) is 0.311. The van der Waals surface area contributed by atoms with E-state index in [4.69, 9.17) is 5.73 Å². The average Bonchev–Trinajstić information content (AvgIpc) is 2.85. The first-order valence-electron chi connectivity index (χ1n) is 6.66. The maximum atomic E-state index is 12.0. The van der Waals surface area contributed by atoms with Gasteiger partial charge in [-0.2, -0.15) is 0 Å². The topological polar surface area (TPSA) is 68.0 Å². The summed E-state index contributed by atoms with van der Waals surface area (Å²) in [5, 5.41) is 3.98. The first-order valence-corrected chi connectivity index (χ1v) is 7.47. The zero-order chi connectivity index (χ0) is 13.0. The zero-order valence-electron chi connectivity index (χ0n) is 10.8. The number of hydrogen-bond acceptors (Lipinski definition) is 4. The Hall–Kier alpha value is -0.940. The summed E-state index contributed by atoms with van der Waals surface area (Å²) < 4.78 is 0. The molecule has 100 valence electrons. The lowest BCUT2D eigenvalue weighted by Crippen LogP contribution is -2.35. The number of nitrogens with two attached hydrogens (primary N) is 1. The predicted octanol–water partition coefficient (Wildman–Crippen LogP) is 1.84. The minimum atomic E-state index is 0.149. The van der Waals surface area contributed by atoms with Gasteiger partial charge in [0.2, 0.25) is 5.91 Å². The Morgan fingerprint density at radius 2 is 2.22 bits per heavy atom. The molecule has 5 heteroatoms. The molecule has 4 nitrogen and oxygen atoms in total. The number of aromatic nitrogens is 1. The summed E-state index contributed by atoms with van der Waals surface area (Å²) in [6, 6.07) is 0.292. The molecule has 1 heterocycles. The molecule has 1 aliphatic carbocycles. The number of hydrogen-bond donors (Lipinski definition) is 2. The fourth-order valence-electron chi connectivity index (χ4n) is 2.28. The maximum Gasteiger partial charge on any atom is 0.223 e. The summed E-state index contributed by atoms with van der Waals surface area (Å²) in [5.41, 5.74) is 5.84. The van der Waals surface area contributed by atoms with Crippen LogP contribution in [0.4, 0.5) is 0 Å². The number of aryl methyl sites for hydroxylation is 1. The average molecular weight is 267 g/mol. The number of carbonyl (C=O) groups excluding carboxylic acids is 1. The number of thiazole rings is 1. The Morgan fingerprint density at radius 1 is 1.50 bits per heavy atom. The smallest absolute Gasteiger partial charge is 0.223 e. The van der Waals surface area contributed by atoms with Gasteiger partial charge in [0.1, 0.15) is 5.01 Å². The number of rotatable bonds is 4. The molecule has 1 aromatic heterocycles. The lowest BCUT2D eigenvalue weighted by molar-refractivity contribution is -0.126. The first kappa shape index (κ1) is 13.5. The minimum absolute atomic E-state index is 0.149. The van der Waals surface area contributed by atoms with Gasteiger partial charge in [-0.1, -0.05) is 6.92 Å². The molecule has 18 heavy (non-hydrogen) atoms. The quantitative estimate of drug-likeness (QED) is 0.874. The van der Waals surface area contributed by atoms with Crippen molar-refractivity contribution in [2.24, 2.45) is 11.7 Å². The van der Waals surface area contributed by atoms with Gasteiger partial charge >= 0.3 is 0 Å². The predicted molar refractivity (Wildman–Crippen MR) is 73.3 cm³/mol. The van der Waals surface area contributed by atoms with Crippen LogP contribution in [0, 0.1) is 5.92 Å². The third-order valence-electron chi connectivity index (χ3n) is 3.51. The van der Waals surface area contributed by atoms with E-state index in [1.165, 1.54) is 4.88 Å². The molecular formula is C13H21N3OS. The van der Waals surface area contributed by atoms with Crippen LogP contribution in [0.1, 0.15) is 42.5 Å². The van der Waals surface area contributed by atoms with Crippen LogP contribution >= 0.6 is 11.3 Å². The van der Waals surface area contributed by atoms with E-state index in [2.05, 4.69) is 17.2 Å². The van der Waals surface area contributed by atoms with E-state index in [1.54, 1.807) is 11.3 Å². The second kappa shape index (κ2) is 6.29. The van der Waals surface area contributed by atoms with Gasteiger partial charge in [0.15, 0.2) is 0 Å². The molecule has 1 aromatic rings. The molecular weight excluding hydrogens is 246 g/mol. The largest absolute Gasteiger partial charge is 0.349 e. The van der Waals surface area contributed by atoms with Crippen LogP contribution in [-0.2, 0) is 17.8 Å². The van der Waals surface area contributed by atoms with Crippen molar-refractivity contribution in [1.82, 2.24) is 10.3 Å². The summed E-state index contributed by atoms with van der Waals surface area (Å²) in [7, 11) is 0. The van der Waals surface area contributed by atoms with Crippen molar-refractivity contribution in [3.63, 3.8) is 0 Å². The molecule has 3 N–H and O–H groups in total. The van der Waals surface area contributed by atoms with Gasteiger partial charge in [0, 0.05) is 23.0 Å². The summed E-state index contributed by atoms with van der Waals surface area (Å²) >= 11 is 1.68. The lowest BCUT2D eigenvalue weighted by Gasteiger charge is -2.24. The minimum Gasteiger partial charge on any atom is -0.349 e. The fourth-order valence-corrected chi connectivity index (χ4v) is 3.08. The van der Waals surface area contributed by atoms with Gasteiger partial charge in [-0.25, -0.2) is 4.98 Å². The molecule has 0 spiro atoms. The van der Waals surface area contributed by atoms with Crippen molar-refractivity contribution >= 4 is 17.2 Å². The van der Waals surface area contributed by atoms with E-state index < -0.39 is 0 Å². The van der Waals surface area contributed by atoms with Crippen molar-refractivity contribution < 1.29 is 4.79 Å². The molecule has 1 amide bonds. The highest BCUT2D eigenvalue weighted by molar-refractivity contribution is 7.11. The molecule has 1 saturated carbocycles. The van der Waals surface area contributed by atoms with Crippen molar-refractivity contribution in [3.05, 3.63) is 16.1 Å². The fraction of sp³-hybridized carbons (Fsp3) is 0.692. The number of amides is 1. The van der Waals surface area contributed by atoms with Crippen molar-refractivity contribution in [2.45, 2.75) is 51.6 Å². The Balaban J connectivity index is 1.77. The van der Waals surface area contributed by atoms with Crippen LogP contribution in [0.25, 0.3) is 0 Å². The monoisotopic (exact) mass is 267 g/mol. The van der Waals surface area contributed by atoms with Gasteiger partial charge in [-0.05, 0) is 32.1 Å². The van der Waals surface area contributed by atoms with E-state index >= 15 is 0 Å². The van der Waals surface area contributed by atoms with E-state index in [0.717, 1.165) is 37.1 Å². The van der Waals surface area contributed by atoms with Gasteiger partial charge in [0.25, 0.3) is 0 Å². The standard InChI is InChI=1S/C13H21N3OS/c1-2-11-7-15-12(18-11)8-16-13(17)9-3-5-10(14)6-4-9/h7,9-10H,2-6,8,14H2,1H3,(H,16,17). The van der Waals surface area contributed by atoms with Gasteiger partial charge in [0.05, 0.1) is 6.54 Å². The number of carbonyl (C=O) groups is 1. The van der Waals surface area contributed by atoms with Crippen molar-refractivity contribution in [2.75, 3.05) is 0 Å². The number of nitrogens with one attached hydrogen (secondary N) is 1. The highest BCUT2D eigenvalue weighted by atomic mass is 32.1. The Kier molecular flexibility index (Phi) is 4.72. The second-order valence-corrected chi connectivity index (χ2v) is 6.10.